The molecule has 1 amide bonds. The van der Waals surface area contributed by atoms with Crippen LogP contribution in [0.1, 0.15) is 32.4 Å². The molecule has 0 saturated heterocycles. The van der Waals surface area contributed by atoms with Crippen LogP contribution in [0, 0.1) is 11.8 Å². The highest BCUT2D eigenvalue weighted by molar-refractivity contribution is 5.80. The Balaban J connectivity index is 2.26. The summed E-state index contributed by atoms with van der Waals surface area (Å²) in [6.07, 6.45) is 0. The smallest absolute Gasteiger partial charge is 0.234 e. The lowest BCUT2D eigenvalue weighted by atomic mass is 9.90. The van der Waals surface area contributed by atoms with Gasteiger partial charge in [-0.25, -0.2) is 0 Å². The molecular weight excluding hydrogens is 240 g/mol. The number of hydrogen-bond donors (Lipinski definition) is 2. The van der Waals surface area contributed by atoms with Gasteiger partial charge in [-0.1, -0.05) is 39.0 Å². The van der Waals surface area contributed by atoms with E-state index in [4.69, 9.17) is 10.5 Å². The minimum Gasteiger partial charge on any atom is -0.493 e. The highest BCUT2D eigenvalue weighted by Gasteiger charge is 2.31. The summed E-state index contributed by atoms with van der Waals surface area (Å²) in [4.78, 5) is 11.6. The maximum absolute atomic E-state index is 11.6. The van der Waals surface area contributed by atoms with Crippen LogP contribution in [0.3, 0.4) is 0 Å². The summed E-state index contributed by atoms with van der Waals surface area (Å²) >= 11 is 0. The van der Waals surface area contributed by atoms with Gasteiger partial charge in [0.2, 0.25) is 5.91 Å². The summed E-state index contributed by atoms with van der Waals surface area (Å²) < 4.78 is 5.71. The van der Waals surface area contributed by atoms with Crippen LogP contribution in [-0.2, 0) is 4.79 Å². The molecule has 0 aliphatic carbocycles. The van der Waals surface area contributed by atoms with Gasteiger partial charge in [0.05, 0.1) is 12.6 Å². The van der Waals surface area contributed by atoms with Crippen LogP contribution in [-0.4, -0.2) is 18.6 Å². The first-order chi connectivity index (χ1) is 9.00. The van der Waals surface area contributed by atoms with Crippen LogP contribution in [0.2, 0.25) is 0 Å². The van der Waals surface area contributed by atoms with Gasteiger partial charge in [-0.15, -0.1) is 0 Å². The van der Waals surface area contributed by atoms with E-state index in [2.05, 4.69) is 12.2 Å². The molecule has 19 heavy (non-hydrogen) atoms. The van der Waals surface area contributed by atoms with Crippen molar-refractivity contribution < 1.29 is 9.53 Å². The van der Waals surface area contributed by atoms with Crippen LogP contribution >= 0.6 is 0 Å². The number of carbonyl (C=O) groups is 1. The zero-order valence-corrected chi connectivity index (χ0v) is 11.7. The molecule has 1 aliphatic rings. The van der Waals surface area contributed by atoms with Gasteiger partial charge in [0.1, 0.15) is 5.75 Å². The number of para-hydroxylation sites is 1. The largest absolute Gasteiger partial charge is 0.493 e. The molecule has 0 saturated carbocycles. The van der Waals surface area contributed by atoms with Gasteiger partial charge in [-0.2, -0.15) is 0 Å². The van der Waals surface area contributed by atoms with Crippen LogP contribution in [0.15, 0.2) is 24.3 Å². The third-order valence-corrected chi connectivity index (χ3v) is 3.66. The van der Waals surface area contributed by atoms with Gasteiger partial charge in [-0.05, 0) is 12.0 Å². The van der Waals surface area contributed by atoms with Crippen molar-refractivity contribution in [3.8, 4) is 5.75 Å². The molecule has 104 valence electrons. The number of carbonyl (C=O) groups excluding carboxylic acids is 1. The number of rotatable bonds is 4. The number of primary amides is 1. The lowest BCUT2D eigenvalue weighted by Gasteiger charge is -2.35. The Morgan fingerprint density at radius 1 is 1.42 bits per heavy atom. The van der Waals surface area contributed by atoms with Crippen LogP contribution in [0.4, 0.5) is 0 Å². The molecular formula is C15H22N2O2. The van der Waals surface area contributed by atoms with E-state index >= 15 is 0 Å². The molecule has 0 fully saturated rings. The number of ether oxygens (including phenoxy) is 1. The SMILES string of the molecule is CC(C)C(NC1c2ccccc2OCC1C)C(N)=O. The van der Waals surface area contributed by atoms with E-state index in [9.17, 15) is 4.79 Å². The van der Waals surface area contributed by atoms with Crippen molar-refractivity contribution in [1.29, 1.82) is 0 Å². The van der Waals surface area contributed by atoms with E-state index in [-0.39, 0.29) is 23.9 Å². The molecule has 4 heteroatoms. The minimum atomic E-state index is -0.321. The van der Waals surface area contributed by atoms with Gasteiger partial charge >= 0.3 is 0 Å². The lowest BCUT2D eigenvalue weighted by Crippen LogP contribution is -2.49. The number of amides is 1. The van der Waals surface area contributed by atoms with Crippen LogP contribution in [0.25, 0.3) is 0 Å². The van der Waals surface area contributed by atoms with E-state index in [0.29, 0.717) is 12.5 Å². The summed E-state index contributed by atoms with van der Waals surface area (Å²) in [6.45, 7) is 6.76. The molecule has 1 heterocycles. The number of benzene rings is 1. The van der Waals surface area contributed by atoms with Crippen molar-refractivity contribution in [2.75, 3.05) is 6.61 Å². The molecule has 0 radical (unpaired) electrons. The van der Waals surface area contributed by atoms with E-state index in [0.717, 1.165) is 11.3 Å². The van der Waals surface area contributed by atoms with Gasteiger partial charge in [-0.3, -0.25) is 10.1 Å². The molecule has 3 N–H and O–H groups in total. The van der Waals surface area contributed by atoms with Crippen molar-refractivity contribution in [1.82, 2.24) is 5.32 Å². The fourth-order valence-corrected chi connectivity index (χ4v) is 2.54. The molecule has 2 rings (SSSR count). The third kappa shape index (κ3) is 2.89. The highest BCUT2D eigenvalue weighted by Crippen LogP contribution is 2.35. The summed E-state index contributed by atoms with van der Waals surface area (Å²) in [5.41, 5.74) is 6.59. The molecule has 0 aromatic heterocycles. The Morgan fingerprint density at radius 2 is 2.11 bits per heavy atom. The van der Waals surface area contributed by atoms with E-state index in [1.54, 1.807) is 0 Å². The second-order valence-corrected chi connectivity index (χ2v) is 5.59. The third-order valence-electron chi connectivity index (χ3n) is 3.66. The molecule has 1 aromatic rings. The second kappa shape index (κ2) is 5.61. The van der Waals surface area contributed by atoms with E-state index in [1.165, 1.54) is 0 Å². The maximum atomic E-state index is 11.6. The fraction of sp³-hybridized carbons (Fsp3) is 0.533. The Morgan fingerprint density at radius 3 is 2.74 bits per heavy atom. The van der Waals surface area contributed by atoms with Crippen LogP contribution in [0.5, 0.6) is 5.75 Å². The maximum Gasteiger partial charge on any atom is 0.234 e. The van der Waals surface area contributed by atoms with Crippen molar-refractivity contribution in [3.63, 3.8) is 0 Å². The zero-order chi connectivity index (χ0) is 14.0. The molecule has 3 unspecified atom stereocenters. The summed E-state index contributed by atoms with van der Waals surface area (Å²) in [7, 11) is 0. The van der Waals surface area contributed by atoms with Crippen molar-refractivity contribution in [2.45, 2.75) is 32.9 Å². The predicted octanol–water partition coefficient (Wildman–Crippen LogP) is 1.86. The Bertz CT molecular complexity index is 459. The van der Waals surface area contributed by atoms with Gasteiger partial charge in [0.25, 0.3) is 0 Å². The monoisotopic (exact) mass is 262 g/mol. The normalized spacial score (nSPS) is 23.6. The summed E-state index contributed by atoms with van der Waals surface area (Å²) in [5, 5.41) is 3.41. The van der Waals surface area contributed by atoms with Crippen LogP contribution < -0.4 is 15.8 Å². The molecule has 1 aromatic carbocycles. The molecule has 0 spiro atoms. The van der Waals surface area contributed by atoms with Crippen molar-refractivity contribution >= 4 is 5.91 Å². The molecule has 0 bridgehead atoms. The molecule has 4 nitrogen and oxygen atoms in total. The average Bonchev–Trinajstić information content (AvgIpc) is 2.36. The summed E-state index contributed by atoms with van der Waals surface area (Å²) in [5.74, 6) is 1.06. The van der Waals surface area contributed by atoms with E-state index in [1.807, 2.05) is 38.1 Å². The zero-order valence-electron chi connectivity index (χ0n) is 11.7. The van der Waals surface area contributed by atoms with E-state index < -0.39 is 0 Å². The predicted molar refractivity (Wildman–Crippen MR) is 74.8 cm³/mol. The number of hydrogen-bond acceptors (Lipinski definition) is 3. The first-order valence-electron chi connectivity index (χ1n) is 6.77. The second-order valence-electron chi connectivity index (χ2n) is 5.59. The molecule has 1 aliphatic heterocycles. The van der Waals surface area contributed by atoms with Gasteiger partial charge < -0.3 is 10.5 Å². The van der Waals surface area contributed by atoms with Gasteiger partial charge in [0, 0.05) is 17.5 Å². The summed E-state index contributed by atoms with van der Waals surface area (Å²) in [6, 6.07) is 7.73. The highest BCUT2D eigenvalue weighted by atomic mass is 16.5. The average molecular weight is 262 g/mol. The van der Waals surface area contributed by atoms with Crippen molar-refractivity contribution in [3.05, 3.63) is 29.8 Å². The Kier molecular flexibility index (Phi) is 4.10. The Labute approximate surface area is 114 Å². The molecule has 3 atom stereocenters. The first-order valence-corrected chi connectivity index (χ1v) is 6.77. The standard InChI is InChI=1S/C15H22N2O2/c1-9(2)13(15(16)18)17-14-10(3)8-19-12-7-5-4-6-11(12)14/h4-7,9-10,13-14,17H,8H2,1-3H3,(H2,16,18). The topological polar surface area (TPSA) is 64.3 Å². The number of nitrogens with two attached hydrogens (primary N) is 1. The minimum absolute atomic E-state index is 0.102. The quantitative estimate of drug-likeness (QED) is 0.870. The van der Waals surface area contributed by atoms with Crippen molar-refractivity contribution in [2.24, 2.45) is 17.6 Å². The first kappa shape index (κ1) is 13.9. The number of fused-ring (bicyclic) bond motifs is 1. The number of nitrogens with one attached hydrogen (secondary N) is 1. The van der Waals surface area contributed by atoms with Gasteiger partial charge in [0.15, 0.2) is 0 Å². The fourth-order valence-electron chi connectivity index (χ4n) is 2.54. The lowest BCUT2D eigenvalue weighted by molar-refractivity contribution is -0.121. The Hall–Kier alpha value is -1.55.